The molecule has 0 aliphatic rings. The van der Waals surface area contributed by atoms with Crippen molar-refractivity contribution in [3.63, 3.8) is 0 Å². The van der Waals surface area contributed by atoms with Crippen LogP contribution in [0.3, 0.4) is 0 Å². The fourth-order valence-electron chi connectivity index (χ4n) is 2.66. The summed E-state index contributed by atoms with van der Waals surface area (Å²) in [6.45, 7) is 3.37. The molecule has 0 unspecified atom stereocenters. The number of sulfonamides is 1. The third-order valence-corrected chi connectivity index (χ3v) is 6.19. The maximum absolute atomic E-state index is 12.9. The van der Waals surface area contributed by atoms with Gasteiger partial charge in [-0.05, 0) is 35.7 Å². The molecule has 0 saturated heterocycles. The Morgan fingerprint density at radius 3 is 2.72 bits per heavy atom. The summed E-state index contributed by atoms with van der Waals surface area (Å²) in [4.78, 5) is 12.6. The van der Waals surface area contributed by atoms with Crippen molar-refractivity contribution in [2.24, 2.45) is 5.92 Å². The molecule has 0 amide bonds. The summed E-state index contributed by atoms with van der Waals surface area (Å²) < 4.78 is 41.6. The lowest BCUT2D eigenvalue weighted by atomic mass is 10.1. The summed E-state index contributed by atoms with van der Waals surface area (Å²) in [7, 11) is -4.03. The van der Waals surface area contributed by atoms with Crippen LogP contribution in [-0.4, -0.2) is 29.2 Å². The molecule has 0 bridgehead atoms. The Morgan fingerprint density at radius 1 is 1.24 bits per heavy atom. The van der Waals surface area contributed by atoms with Gasteiger partial charge in [0.15, 0.2) is 0 Å². The first-order chi connectivity index (χ1) is 13.8. The smallest absolute Gasteiger partial charge is 0.324 e. The second-order valence-corrected chi connectivity index (χ2v) is 8.86. The summed E-state index contributed by atoms with van der Waals surface area (Å²) in [6, 6.07) is 12.3. The van der Waals surface area contributed by atoms with Crippen LogP contribution in [0.4, 0.5) is 0 Å². The zero-order valence-electron chi connectivity index (χ0n) is 15.7. The van der Waals surface area contributed by atoms with Gasteiger partial charge in [0.05, 0.1) is 23.4 Å². The maximum atomic E-state index is 12.9. The molecule has 10 heteroatoms. The molecule has 3 aromatic rings. The highest BCUT2D eigenvalue weighted by atomic mass is 32.2. The van der Waals surface area contributed by atoms with E-state index in [1.54, 1.807) is 50.2 Å². The quantitative estimate of drug-likeness (QED) is 0.572. The number of esters is 1. The minimum Gasteiger partial charge on any atom is -0.460 e. The van der Waals surface area contributed by atoms with E-state index in [9.17, 15) is 13.2 Å². The van der Waals surface area contributed by atoms with Gasteiger partial charge in [0.2, 0.25) is 10.0 Å². The highest BCUT2D eigenvalue weighted by Gasteiger charge is 2.31. The molecule has 0 fully saturated rings. The zero-order valence-corrected chi connectivity index (χ0v) is 17.3. The average Bonchev–Trinajstić information content (AvgIpc) is 3.19. The third-order valence-electron chi connectivity index (χ3n) is 4.18. The lowest BCUT2D eigenvalue weighted by Gasteiger charge is -2.21. The van der Waals surface area contributed by atoms with Gasteiger partial charge in [-0.25, -0.2) is 8.42 Å². The molecule has 0 radical (unpaired) electrons. The van der Waals surface area contributed by atoms with E-state index >= 15 is 0 Å². The summed E-state index contributed by atoms with van der Waals surface area (Å²) in [5, 5.41) is 8.95. The first-order valence-electron chi connectivity index (χ1n) is 8.71. The molecule has 1 aromatic heterocycles. The predicted octanol–water partition coefficient (Wildman–Crippen LogP) is 2.61. The molecule has 3 rings (SSSR count). The van der Waals surface area contributed by atoms with Crippen molar-refractivity contribution in [3.8, 4) is 6.07 Å². The van der Waals surface area contributed by atoms with Gasteiger partial charge in [0, 0.05) is 0 Å². The van der Waals surface area contributed by atoms with Crippen LogP contribution in [0.15, 0.2) is 47.4 Å². The number of benzene rings is 2. The van der Waals surface area contributed by atoms with Crippen LogP contribution in [0, 0.1) is 17.2 Å². The number of ether oxygens (including phenoxy) is 1. The van der Waals surface area contributed by atoms with Crippen molar-refractivity contribution in [3.05, 3.63) is 53.6 Å². The van der Waals surface area contributed by atoms with E-state index in [4.69, 9.17) is 10.00 Å². The SMILES string of the molecule is CC(C)[C@H](NS(=O)(=O)c1cccc2nsnc12)C(=O)OCc1cccc(C#N)c1. The average molecular weight is 431 g/mol. The minimum absolute atomic E-state index is 0.0380. The fourth-order valence-corrected chi connectivity index (χ4v) is 4.76. The Labute approximate surface area is 172 Å². The van der Waals surface area contributed by atoms with Crippen LogP contribution in [0.25, 0.3) is 11.0 Å². The lowest BCUT2D eigenvalue weighted by Crippen LogP contribution is -2.45. The van der Waals surface area contributed by atoms with Gasteiger partial charge in [0.25, 0.3) is 0 Å². The van der Waals surface area contributed by atoms with Crippen molar-refractivity contribution in [2.45, 2.75) is 31.4 Å². The van der Waals surface area contributed by atoms with Crippen molar-refractivity contribution < 1.29 is 17.9 Å². The van der Waals surface area contributed by atoms with Crippen LogP contribution in [0.2, 0.25) is 0 Å². The maximum Gasteiger partial charge on any atom is 0.324 e. The monoisotopic (exact) mass is 430 g/mol. The second kappa shape index (κ2) is 8.65. The Morgan fingerprint density at radius 2 is 2.00 bits per heavy atom. The number of nitrogens with zero attached hydrogens (tertiary/aromatic N) is 3. The number of aromatic nitrogens is 2. The van der Waals surface area contributed by atoms with E-state index in [1.165, 1.54) is 6.07 Å². The Kier molecular flexibility index (Phi) is 6.22. The zero-order chi connectivity index (χ0) is 21.0. The molecule has 0 saturated carbocycles. The molecule has 1 N–H and O–H groups in total. The highest BCUT2D eigenvalue weighted by molar-refractivity contribution is 7.89. The Balaban J connectivity index is 1.78. The molecule has 0 aliphatic carbocycles. The first-order valence-corrected chi connectivity index (χ1v) is 10.9. The number of nitriles is 1. The molecular weight excluding hydrogens is 412 g/mol. The fraction of sp³-hybridized carbons (Fsp3) is 0.263. The van der Waals surface area contributed by atoms with Crippen molar-refractivity contribution in [1.82, 2.24) is 13.5 Å². The summed E-state index contributed by atoms with van der Waals surface area (Å²) in [6.07, 6.45) is 0. The second-order valence-electron chi connectivity index (χ2n) is 6.65. The van der Waals surface area contributed by atoms with E-state index in [0.29, 0.717) is 16.6 Å². The van der Waals surface area contributed by atoms with E-state index in [1.807, 2.05) is 6.07 Å². The standard InChI is InChI=1S/C19H18N4O4S2/c1-12(2)17(19(24)27-11-14-6-3-5-13(9-14)10-20)23-29(25,26)16-8-4-7-15-18(16)22-28-21-15/h3-9,12,17,23H,11H2,1-2H3/t17-/m0/s1. The van der Waals surface area contributed by atoms with Gasteiger partial charge in [-0.3, -0.25) is 4.79 Å². The number of hydrogen-bond donors (Lipinski definition) is 1. The van der Waals surface area contributed by atoms with E-state index in [0.717, 1.165) is 11.7 Å². The van der Waals surface area contributed by atoms with Crippen LogP contribution in [0.5, 0.6) is 0 Å². The van der Waals surface area contributed by atoms with Gasteiger partial charge in [-0.2, -0.15) is 18.7 Å². The molecule has 0 aliphatic heterocycles. The Bertz CT molecular complexity index is 1180. The molecule has 150 valence electrons. The normalized spacial score (nSPS) is 12.6. The summed E-state index contributed by atoms with van der Waals surface area (Å²) >= 11 is 0.917. The van der Waals surface area contributed by atoms with Gasteiger partial charge in [-0.1, -0.05) is 32.0 Å². The van der Waals surface area contributed by atoms with Crippen molar-refractivity contribution in [2.75, 3.05) is 0 Å². The highest BCUT2D eigenvalue weighted by Crippen LogP contribution is 2.22. The van der Waals surface area contributed by atoms with Crippen LogP contribution >= 0.6 is 11.7 Å². The molecule has 1 heterocycles. The van der Waals surface area contributed by atoms with Gasteiger partial charge >= 0.3 is 5.97 Å². The van der Waals surface area contributed by atoms with Gasteiger partial charge < -0.3 is 4.74 Å². The number of fused-ring (bicyclic) bond motifs is 1. The van der Waals surface area contributed by atoms with E-state index in [2.05, 4.69) is 13.5 Å². The largest absolute Gasteiger partial charge is 0.460 e. The number of carbonyl (C=O) groups excluding carboxylic acids is 1. The number of hydrogen-bond acceptors (Lipinski definition) is 8. The lowest BCUT2D eigenvalue weighted by molar-refractivity contribution is -0.148. The minimum atomic E-state index is -4.03. The predicted molar refractivity (Wildman–Crippen MR) is 107 cm³/mol. The number of rotatable bonds is 7. The number of carbonyl (C=O) groups is 1. The molecule has 8 nitrogen and oxygen atoms in total. The molecular formula is C19H18N4O4S2. The van der Waals surface area contributed by atoms with E-state index < -0.39 is 22.0 Å². The van der Waals surface area contributed by atoms with Gasteiger partial charge in [-0.15, -0.1) is 0 Å². The van der Waals surface area contributed by atoms with Gasteiger partial charge in [0.1, 0.15) is 28.6 Å². The molecule has 29 heavy (non-hydrogen) atoms. The topological polar surface area (TPSA) is 122 Å². The third kappa shape index (κ3) is 4.76. The molecule has 1 atom stereocenters. The van der Waals surface area contributed by atoms with Crippen molar-refractivity contribution in [1.29, 1.82) is 5.26 Å². The van der Waals surface area contributed by atoms with E-state index in [-0.39, 0.29) is 22.9 Å². The van der Waals surface area contributed by atoms with Crippen LogP contribution in [0.1, 0.15) is 25.0 Å². The molecule has 2 aromatic carbocycles. The molecule has 0 spiro atoms. The first kappa shape index (κ1) is 20.9. The van der Waals surface area contributed by atoms with Crippen LogP contribution in [-0.2, 0) is 26.2 Å². The summed E-state index contributed by atoms with van der Waals surface area (Å²) in [5.41, 5.74) is 1.82. The van der Waals surface area contributed by atoms with Crippen molar-refractivity contribution >= 4 is 38.8 Å². The Hall–Kier alpha value is -2.87. The number of nitrogens with one attached hydrogen (secondary N) is 1. The van der Waals surface area contributed by atoms with Crippen LogP contribution < -0.4 is 4.72 Å². The summed E-state index contributed by atoms with van der Waals surface area (Å²) in [5.74, 6) is -1.05.